The van der Waals surface area contributed by atoms with Gasteiger partial charge in [-0.3, -0.25) is 0 Å². The van der Waals surface area contributed by atoms with E-state index in [9.17, 15) is 10.1 Å². The van der Waals surface area contributed by atoms with Crippen molar-refractivity contribution < 1.29 is 14.3 Å². The molecule has 0 atom stereocenters. The molecular weight excluding hydrogens is 385 g/mol. The molecule has 128 valence electrons. The zero-order valence-corrected chi connectivity index (χ0v) is 15.3. The maximum atomic E-state index is 11.5. The molecule has 0 saturated carbocycles. The van der Waals surface area contributed by atoms with Gasteiger partial charge in [0, 0.05) is 5.56 Å². The van der Waals surface area contributed by atoms with E-state index in [0.717, 1.165) is 5.56 Å². The van der Waals surface area contributed by atoms with Crippen molar-refractivity contribution in [1.82, 2.24) is 0 Å². The van der Waals surface area contributed by atoms with Crippen LogP contribution in [-0.4, -0.2) is 16.9 Å². The van der Waals surface area contributed by atoms with Crippen LogP contribution in [0.15, 0.2) is 48.5 Å². The number of para-hydroxylation sites is 1. The van der Waals surface area contributed by atoms with E-state index in [2.05, 4.69) is 6.07 Å². The Balaban J connectivity index is 2.25. The van der Waals surface area contributed by atoms with Gasteiger partial charge in [-0.1, -0.05) is 59.1 Å². The molecule has 25 heavy (non-hydrogen) atoms. The van der Waals surface area contributed by atoms with Crippen LogP contribution in [0.4, 0.5) is 0 Å². The Kier molecular flexibility index (Phi) is 6.33. The SMILES string of the molecule is COc1ccccc1/C(C#N)=C\c1ccc(OC(=O)C(Cl)(Cl)Cl)cc1. The molecule has 0 aromatic heterocycles. The Morgan fingerprint density at radius 2 is 1.76 bits per heavy atom. The van der Waals surface area contributed by atoms with Crippen LogP contribution in [0, 0.1) is 11.3 Å². The fourth-order valence-electron chi connectivity index (χ4n) is 2.00. The highest BCUT2D eigenvalue weighted by atomic mass is 35.6. The third-order valence-corrected chi connectivity index (χ3v) is 3.61. The molecular formula is C18H12Cl3NO3. The predicted molar refractivity (Wildman–Crippen MR) is 98.8 cm³/mol. The number of rotatable bonds is 4. The Labute approximate surface area is 160 Å². The smallest absolute Gasteiger partial charge is 0.363 e. The first kappa shape index (κ1) is 19.1. The molecule has 0 saturated heterocycles. The second-order valence-corrected chi connectivity index (χ2v) is 7.11. The Hall–Kier alpha value is -2.19. The highest BCUT2D eigenvalue weighted by molar-refractivity contribution is 6.75. The summed E-state index contributed by atoms with van der Waals surface area (Å²) in [5, 5.41) is 9.44. The van der Waals surface area contributed by atoms with E-state index in [1.807, 2.05) is 12.1 Å². The van der Waals surface area contributed by atoms with Crippen molar-refractivity contribution in [2.75, 3.05) is 7.11 Å². The maximum Gasteiger partial charge on any atom is 0.363 e. The van der Waals surface area contributed by atoms with Crippen molar-refractivity contribution in [1.29, 1.82) is 5.26 Å². The van der Waals surface area contributed by atoms with Crippen molar-refractivity contribution in [2.24, 2.45) is 0 Å². The Bertz CT molecular complexity index is 834. The van der Waals surface area contributed by atoms with Crippen LogP contribution in [0.5, 0.6) is 11.5 Å². The number of halogens is 3. The lowest BCUT2D eigenvalue weighted by Crippen LogP contribution is -2.24. The molecule has 0 aliphatic heterocycles. The molecule has 0 aliphatic carbocycles. The van der Waals surface area contributed by atoms with Gasteiger partial charge in [-0.15, -0.1) is 0 Å². The average molecular weight is 397 g/mol. The van der Waals surface area contributed by atoms with Gasteiger partial charge in [-0.2, -0.15) is 5.26 Å². The Morgan fingerprint density at radius 3 is 2.32 bits per heavy atom. The highest BCUT2D eigenvalue weighted by Crippen LogP contribution is 2.29. The van der Waals surface area contributed by atoms with Gasteiger partial charge < -0.3 is 9.47 Å². The number of nitriles is 1. The first-order chi connectivity index (χ1) is 11.8. The molecule has 0 unspecified atom stereocenters. The van der Waals surface area contributed by atoms with E-state index in [1.165, 1.54) is 12.1 Å². The van der Waals surface area contributed by atoms with E-state index in [-0.39, 0.29) is 5.75 Å². The topological polar surface area (TPSA) is 59.3 Å². The van der Waals surface area contributed by atoms with Crippen molar-refractivity contribution in [3.8, 4) is 17.6 Å². The van der Waals surface area contributed by atoms with E-state index >= 15 is 0 Å². The number of ether oxygens (including phenoxy) is 2. The van der Waals surface area contributed by atoms with Crippen LogP contribution in [-0.2, 0) is 4.79 Å². The average Bonchev–Trinajstić information content (AvgIpc) is 2.60. The first-order valence-corrected chi connectivity index (χ1v) is 8.13. The van der Waals surface area contributed by atoms with Crippen molar-refractivity contribution in [2.45, 2.75) is 3.79 Å². The van der Waals surface area contributed by atoms with Gasteiger partial charge in [0.05, 0.1) is 18.8 Å². The monoisotopic (exact) mass is 395 g/mol. The zero-order chi connectivity index (χ0) is 18.4. The molecule has 0 aliphatic rings. The summed E-state index contributed by atoms with van der Waals surface area (Å²) in [5.74, 6) is -0.166. The van der Waals surface area contributed by atoms with Gasteiger partial charge >= 0.3 is 5.97 Å². The summed E-state index contributed by atoms with van der Waals surface area (Å²) in [4.78, 5) is 11.5. The number of nitrogens with zero attached hydrogens (tertiary/aromatic N) is 1. The van der Waals surface area contributed by atoms with Crippen LogP contribution in [0.3, 0.4) is 0 Å². The largest absolute Gasteiger partial charge is 0.496 e. The number of methoxy groups -OCH3 is 1. The molecule has 7 heteroatoms. The summed E-state index contributed by atoms with van der Waals surface area (Å²) in [7, 11) is 1.54. The fourth-order valence-corrected chi connectivity index (χ4v) is 2.12. The van der Waals surface area contributed by atoms with Gasteiger partial charge in [0.15, 0.2) is 0 Å². The number of benzene rings is 2. The summed E-state index contributed by atoms with van der Waals surface area (Å²) in [6, 6.07) is 15.8. The third-order valence-electron chi connectivity index (χ3n) is 3.15. The lowest BCUT2D eigenvalue weighted by atomic mass is 10.0. The number of hydrogen-bond acceptors (Lipinski definition) is 4. The van der Waals surface area contributed by atoms with Gasteiger partial charge in [0.1, 0.15) is 11.5 Å². The molecule has 0 N–H and O–H groups in total. The molecule has 0 amide bonds. The molecule has 2 aromatic carbocycles. The highest BCUT2D eigenvalue weighted by Gasteiger charge is 2.33. The van der Waals surface area contributed by atoms with Crippen LogP contribution >= 0.6 is 34.8 Å². The van der Waals surface area contributed by atoms with E-state index in [0.29, 0.717) is 16.9 Å². The summed E-state index contributed by atoms with van der Waals surface area (Å²) in [5.41, 5.74) is 1.85. The van der Waals surface area contributed by atoms with Crippen LogP contribution in [0.2, 0.25) is 0 Å². The number of carbonyl (C=O) groups is 1. The lowest BCUT2D eigenvalue weighted by Gasteiger charge is -2.10. The summed E-state index contributed by atoms with van der Waals surface area (Å²) >= 11 is 16.3. The minimum Gasteiger partial charge on any atom is -0.496 e. The van der Waals surface area contributed by atoms with E-state index in [1.54, 1.807) is 37.5 Å². The fraction of sp³-hybridized carbons (Fsp3) is 0.111. The minimum absolute atomic E-state index is 0.226. The number of esters is 1. The predicted octanol–water partition coefficient (Wildman–Crippen LogP) is 5.03. The van der Waals surface area contributed by atoms with Gasteiger partial charge in [-0.25, -0.2) is 4.79 Å². The standard InChI is InChI=1S/C18H12Cl3NO3/c1-24-16-5-3-2-4-15(16)13(11-22)10-12-6-8-14(9-7-12)25-17(23)18(19,20)21/h2-10H,1H3/b13-10-. The number of alkyl halides is 3. The zero-order valence-electron chi connectivity index (χ0n) is 13.0. The minimum atomic E-state index is -2.14. The van der Waals surface area contributed by atoms with Gasteiger partial charge in [-0.05, 0) is 35.9 Å². The van der Waals surface area contributed by atoms with Crippen LogP contribution < -0.4 is 9.47 Å². The molecule has 2 rings (SSSR count). The van der Waals surface area contributed by atoms with Crippen molar-refractivity contribution in [3.63, 3.8) is 0 Å². The summed E-state index contributed by atoms with van der Waals surface area (Å²) in [6.45, 7) is 0. The molecule has 2 aromatic rings. The van der Waals surface area contributed by atoms with Gasteiger partial charge in [0.2, 0.25) is 0 Å². The van der Waals surface area contributed by atoms with E-state index in [4.69, 9.17) is 44.3 Å². The second-order valence-electron chi connectivity index (χ2n) is 4.83. The number of hydrogen-bond donors (Lipinski definition) is 0. The molecule has 0 radical (unpaired) electrons. The second kappa shape index (κ2) is 8.26. The van der Waals surface area contributed by atoms with Crippen molar-refractivity contribution in [3.05, 3.63) is 59.7 Å². The van der Waals surface area contributed by atoms with Crippen LogP contribution in [0.1, 0.15) is 11.1 Å². The molecule has 0 spiro atoms. The molecule has 0 heterocycles. The van der Waals surface area contributed by atoms with E-state index < -0.39 is 9.76 Å². The third kappa shape index (κ3) is 5.14. The number of allylic oxidation sites excluding steroid dienone is 1. The van der Waals surface area contributed by atoms with Crippen molar-refractivity contribution >= 4 is 52.4 Å². The Morgan fingerprint density at radius 1 is 1.12 bits per heavy atom. The van der Waals surface area contributed by atoms with Crippen LogP contribution in [0.25, 0.3) is 11.6 Å². The number of carbonyl (C=O) groups excluding carboxylic acids is 1. The first-order valence-electron chi connectivity index (χ1n) is 6.99. The summed E-state index contributed by atoms with van der Waals surface area (Å²) < 4.78 is 8.08. The molecule has 0 fully saturated rings. The lowest BCUT2D eigenvalue weighted by molar-refractivity contribution is -0.133. The quantitative estimate of drug-likeness (QED) is 0.239. The summed E-state index contributed by atoms with van der Waals surface area (Å²) in [6.07, 6.45) is 1.69. The molecule has 4 nitrogen and oxygen atoms in total. The molecule has 0 bridgehead atoms. The van der Waals surface area contributed by atoms with Gasteiger partial charge in [0.25, 0.3) is 3.79 Å². The normalized spacial score (nSPS) is 11.6. The maximum absolute atomic E-state index is 11.5.